The van der Waals surface area contributed by atoms with Gasteiger partial charge in [0, 0.05) is 24.1 Å². The fourth-order valence-electron chi connectivity index (χ4n) is 3.58. The van der Waals surface area contributed by atoms with Gasteiger partial charge in [0.1, 0.15) is 17.3 Å². The molecule has 0 saturated heterocycles. The minimum Gasteiger partial charge on any atom is -0.454 e. The Kier molecular flexibility index (Phi) is 4.00. The Morgan fingerprint density at radius 2 is 1.93 bits per heavy atom. The number of carbonyl (C=O) groups excluding carboxylic acids is 1. The lowest BCUT2D eigenvalue weighted by Gasteiger charge is -2.26. The molecule has 3 aromatic rings. The summed E-state index contributed by atoms with van der Waals surface area (Å²) in [5.74, 6) is 1.87. The first-order valence-electron chi connectivity index (χ1n) is 9.07. The van der Waals surface area contributed by atoms with Gasteiger partial charge >= 0.3 is 0 Å². The molecule has 3 heterocycles. The molecule has 0 aliphatic carbocycles. The average molecular weight is 380 g/mol. The molecule has 7 heteroatoms. The summed E-state index contributed by atoms with van der Waals surface area (Å²) in [5.41, 5.74) is 3.28. The summed E-state index contributed by atoms with van der Waals surface area (Å²) < 4.78 is 29.4. The van der Waals surface area contributed by atoms with Gasteiger partial charge < -0.3 is 18.9 Å². The number of ether oxygens (including phenoxy) is 2. The van der Waals surface area contributed by atoms with Crippen LogP contribution < -0.4 is 9.47 Å². The van der Waals surface area contributed by atoms with E-state index in [-0.39, 0.29) is 24.9 Å². The Hall–Kier alpha value is -3.35. The lowest BCUT2D eigenvalue weighted by atomic mass is 10.0. The maximum absolute atomic E-state index is 13.1. The Bertz CT molecular complexity index is 1050. The first-order valence-corrected chi connectivity index (χ1v) is 9.07. The number of benzene rings is 2. The lowest BCUT2D eigenvalue weighted by molar-refractivity contribution is -0.131. The minimum absolute atomic E-state index is 0.00454. The van der Waals surface area contributed by atoms with E-state index in [1.807, 2.05) is 18.2 Å². The summed E-state index contributed by atoms with van der Waals surface area (Å²) in [6.45, 7) is 1.22. The van der Waals surface area contributed by atoms with E-state index in [0.29, 0.717) is 36.7 Å². The predicted octanol–water partition coefficient (Wildman–Crippen LogP) is 3.34. The van der Waals surface area contributed by atoms with Crippen molar-refractivity contribution >= 4 is 5.91 Å². The first-order chi connectivity index (χ1) is 13.7. The molecular weight excluding hydrogens is 363 g/mol. The number of hydrogen-bond acceptors (Lipinski definition) is 5. The van der Waals surface area contributed by atoms with E-state index < -0.39 is 0 Å². The second-order valence-corrected chi connectivity index (χ2v) is 6.87. The van der Waals surface area contributed by atoms with Gasteiger partial charge in [-0.25, -0.2) is 4.39 Å². The molecule has 2 aliphatic heterocycles. The van der Waals surface area contributed by atoms with Crippen LogP contribution in [0.5, 0.6) is 11.5 Å². The molecule has 0 saturated carbocycles. The average Bonchev–Trinajstić information content (AvgIpc) is 3.35. The summed E-state index contributed by atoms with van der Waals surface area (Å²) in [6, 6.07) is 11.6. The predicted molar refractivity (Wildman–Crippen MR) is 97.3 cm³/mol. The fraction of sp³-hybridized carbons (Fsp3) is 0.238. The van der Waals surface area contributed by atoms with Crippen molar-refractivity contribution in [3.05, 3.63) is 65.2 Å². The van der Waals surface area contributed by atoms with Gasteiger partial charge in [-0.2, -0.15) is 0 Å². The van der Waals surface area contributed by atoms with Gasteiger partial charge in [0.2, 0.25) is 12.7 Å². The number of carbonyl (C=O) groups is 1. The number of hydrogen-bond donors (Lipinski definition) is 0. The highest BCUT2D eigenvalue weighted by Gasteiger charge is 2.28. The van der Waals surface area contributed by atoms with Gasteiger partial charge in [-0.15, -0.1) is 0 Å². The van der Waals surface area contributed by atoms with Gasteiger partial charge in [0.05, 0.1) is 13.0 Å². The number of halogens is 1. The number of amides is 1. The SMILES string of the molecule is O=C(Cc1ccc(F)cc1)N1CCc2onc(-c3ccc4c(c3)OCO4)c2C1. The molecule has 0 fully saturated rings. The zero-order valence-corrected chi connectivity index (χ0v) is 15.0. The summed E-state index contributed by atoms with van der Waals surface area (Å²) in [7, 11) is 0. The van der Waals surface area contributed by atoms with Crippen LogP contribution in [-0.4, -0.2) is 29.3 Å². The summed E-state index contributed by atoms with van der Waals surface area (Å²) in [6.07, 6.45) is 0.849. The summed E-state index contributed by atoms with van der Waals surface area (Å²) in [4.78, 5) is 14.5. The van der Waals surface area contributed by atoms with Crippen molar-refractivity contribution in [1.29, 1.82) is 0 Å². The lowest BCUT2D eigenvalue weighted by Crippen LogP contribution is -2.36. The van der Waals surface area contributed by atoms with E-state index in [1.165, 1.54) is 12.1 Å². The zero-order valence-electron chi connectivity index (χ0n) is 15.0. The molecular formula is C21H17FN2O4. The maximum Gasteiger partial charge on any atom is 0.231 e. The quantitative estimate of drug-likeness (QED) is 0.697. The normalized spacial score (nSPS) is 14.8. The molecule has 6 nitrogen and oxygen atoms in total. The van der Waals surface area contributed by atoms with Crippen LogP contribution in [0.2, 0.25) is 0 Å². The van der Waals surface area contributed by atoms with Crippen LogP contribution in [0, 0.1) is 5.82 Å². The Morgan fingerprint density at radius 1 is 1.11 bits per heavy atom. The molecule has 2 aromatic carbocycles. The number of nitrogens with zero attached hydrogens (tertiary/aromatic N) is 2. The molecule has 1 aromatic heterocycles. The smallest absolute Gasteiger partial charge is 0.231 e. The van der Waals surface area contributed by atoms with Crippen molar-refractivity contribution in [2.24, 2.45) is 0 Å². The second-order valence-electron chi connectivity index (χ2n) is 6.87. The van der Waals surface area contributed by atoms with Gasteiger partial charge in [-0.1, -0.05) is 17.3 Å². The van der Waals surface area contributed by atoms with Crippen LogP contribution in [0.3, 0.4) is 0 Å². The Balaban J connectivity index is 1.37. The van der Waals surface area contributed by atoms with Gasteiger partial charge in [0.15, 0.2) is 11.5 Å². The van der Waals surface area contributed by atoms with Gasteiger partial charge in [0.25, 0.3) is 0 Å². The molecule has 0 unspecified atom stereocenters. The third kappa shape index (κ3) is 2.98. The van der Waals surface area contributed by atoms with Crippen LogP contribution in [0.4, 0.5) is 4.39 Å². The second kappa shape index (κ2) is 6.67. The topological polar surface area (TPSA) is 64.8 Å². The van der Waals surface area contributed by atoms with E-state index >= 15 is 0 Å². The van der Waals surface area contributed by atoms with Crippen molar-refractivity contribution < 1.29 is 23.2 Å². The summed E-state index contributed by atoms with van der Waals surface area (Å²) >= 11 is 0. The highest BCUT2D eigenvalue weighted by atomic mass is 19.1. The van der Waals surface area contributed by atoms with Crippen LogP contribution >= 0.6 is 0 Å². The van der Waals surface area contributed by atoms with E-state index in [2.05, 4.69) is 5.16 Å². The van der Waals surface area contributed by atoms with Crippen molar-refractivity contribution in [2.45, 2.75) is 19.4 Å². The third-order valence-electron chi connectivity index (χ3n) is 5.09. The number of rotatable bonds is 3. The monoisotopic (exact) mass is 380 g/mol. The van der Waals surface area contributed by atoms with Crippen molar-refractivity contribution in [3.63, 3.8) is 0 Å². The Labute approximate surface area is 160 Å². The van der Waals surface area contributed by atoms with E-state index in [9.17, 15) is 9.18 Å². The molecule has 2 aliphatic rings. The third-order valence-corrected chi connectivity index (χ3v) is 5.09. The van der Waals surface area contributed by atoms with Crippen LogP contribution in [-0.2, 0) is 24.2 Å². The Morgan fingerprint density at radius 3 is 2.79 bits per heavy atom. The van der Waals surface area contributed by atoms with Crippen molar-refractivity contribution in [2.75, 3.05) is 13.3 Å². The minimum atomic E-state index is -0.309. The molecule has 5 rings (SSSR count). The molecule has 0 N–H and O–H groups in total. The maximum atomic E-state index is 13.1. The molecule has 0 radical (unpaired) electrons. The fourth-order valence-corrected chi connectivity index (χ4v) is 3.58. The van der Waals surface area contributed by atoms with E-state index in [0.717, 1.165) is 22.5 Å². The van der Waals surface area contributed by atoms with Crippen molar-refractivity contribution in [3.8, 4) is 22.8 Å². The van der Waals surface area contributed by atoms with E-state index in [1.54, 1.807) is 17.0 Å². The van der Waals surface area contributed by atoms with E-state index in [4.69, 9.17) is 14.0 Å². The summed E-state index contributed by atoms with van der Waals surface area (Å²) in [5, 5.41) is 4.23. The van der Waals surface area contributed by atoms with Gasteiger partial charge in [-0.3, -0.25) is 4.79 Å². The molecule has 142 valence electrons. The van der Waals surface area contributed by atoms with Gasteiger partial charge in [-0.05, 0) is 35.9 Å². The molecule has 0 bridgehead atoms. The molecule has 0 spiro atoms. The highest BCUT2D eigenvalue weighted by Crippen LogP contribution is 2.38. The molecule has 1 amide bonds. The van der Waals surface area contributed by atoms with Crippen LogP contribution in [0.25, 0.3) is 11.3 Å². The highest BCUT2D eigenvalue weighted by molar-refractivity contribution is 5.79. The number of fused-ring (bicyclic) bond motifs is 2. The largest absolute Gasteiger partial charge is 0.454 e. The zero-order chi connectivity index (χ0) is 19.1. The standard InChI is InChI=1S/C21H17FN2O4/c22-15-4-1-13(2-5-15)9-20(25)24-8-7-17-16(11-24)21(23-28-17)14-3-6-18-19(10-14)27-12-26-18/h1-6,10H,7-9,11-12H2. The molecule has 28 heavy (non-hydrogen) atoms. The van der Waals surface area contributed by atoms with Crippen LogP contribution in [0.1, 0.15) is 16.9 Å². The van der Waals surface area contributed by atoms with Crippen molar-refractivity contribution in [1.82, 2.24) is 10.1 Å². The molecule has 0 atom stereocenters. The number of aromatic nitrogens is 1. The van der Waals surface area contributed by atoms with Crippen LogP contribution in [0.15, 0.2) is 47.0 Å². The first kappa shape index (κ1) is 16.8.